The van der Waals surface area contributed by atoms with Crippen molar-refractivity contribution in [1.82, 2.24) is 15.3 Å². The number of hydrogen-bond acceptors (Lipinski definition) is 3. The zero-order chi connectivity index (χ0) is 13.0. The van der Waals surface area contributed by atoms with E-state index >= 15 is 0 Å². The molecule has 0 aliphatic carbocycles. The number of nitrogens with one attached hydrogen (secondary N) is 1. The average Bonchev–Trinajstić information content (AvgIpc) is 2.44. The van der Waals surface area contributed by atoms with Crippen LogP contribution in [-0.2, 0) is 0 Å². The lowest BCUT2D eigenvalue weighted by Gasteiger charge is -2.21. The van der Waals surface area contributed by atoms with Gasteiger partial charge in [-0.15, -0.1) is 0 Å². The highest BCUT2D eigenvalue weighted by Crippen LogP contribution is 2.26. The van der Waals surface area contributed by atoms with Crippen LogP contribution in [0.25, 0.3) is 11.0 Å². The maximum atomic E-state index is 4.48. The van der Waals surface area contributed by atoms with Crippen LogP contribution in [0.1, 0.15) is 38.3 Å². The summed E-state index contributed by atoms with van der Waals surface area (Å²) >= 11 is 0. The molecule has 1 aromatic carbocycles. The Hall–Kier alpha value is -1.48. The minimum absolute atomic E-state index is 0.348. The normalized spacial score (nSPS) is 14.6. The fraction of sp³-hybridized carbons (Fsp3) is 0.467. The van der Waals surface area contributed by atoms with E-state index in [-0.39, 0.29) is 0 Å². The van der Waals surface area contributed by atoms with E-state index in [1.54, 1.807) is 12.4 Å². The Kier molecular flexibility index (Phi) is 4.26. The molecule has 0 radical (unpaired) electrons. The van der Waals surface area contributed by atoms with Crippen molar-refractivity contribution in [3.8, 4) is 0 Å². The van der Waals surface area contributed by atoms with Crippen LogP contribution >= 0.6 is 0 Å². The summed E-state index contributed by atoms with van der Waals surface area (Å²) in [5, 5.41) is 3.41. The molecule has 3 heteroatoms. The van der Waals surface area contributed by atoms with Crippen molar-refractivity contribution in [2.45, 2.75) is 32.7 Å². The number of para-hydroxylation sites is 1. The van der Waals surface area contributed by atoms with Gasteiger partial charge >= 0.3 is 0 Å². The van der Waals surface area contributed by atoms with Crippen molar-refractivity contribution in [2.24, 2.45) is 5.92 Å². The lowest BCUT2D eigenvalue weighted by atomic mass is 9.93. The quantitative estimate of drug-likeness (QED) is 0.875. The van der Waals surface area contributed by atoms with E-state index in [0.717, 1.165) is 17.5 Å². The van der Waals surface area contributed by atoms with E-state index in [4.69, 9.17) is 0 Å². The van der Waals surface area contributed by atoms with Gasteiger partial charge in [0.15, 0.2) is 0 Å². The third-order valence-electron chi connectivity index (χ3n) is 3.59. The number of aromatic nitrogens is 2. The molecule has 2 atom stereocenters. The van der Waals surface area contributed by atoms with Gasteiger partial charge in [0, 0.05) is 18.4 Å². The second kappa shape index (κ2) is 5.91. The van der Waals surface area contributed by atoms with Crippen LogP contribution in [0.15, 0.2) is 30.6 Å². The summed E-state index contributed by atoms with van der Waals surface area (Å²) in [6.07, 6.45) is 5.84. The first-order valence-corrected chi connectivity index (χ1v) is 6.63. The topological polar surface area (TPSA) is 37.8 Å². The molecule has 0 spiro atoms. The average molecular weight is 243 g/mol. The van der Waals surface area contributed by atoms with E-state index in [0.29, 0.717) is 12.0 Å². The molecule has 18 heavy (non-hydrogen) atoms. The highest BCUT2D eigenvalue weighted by atomic mass is 14.9. The van der Waals surface area contributed by atoms with Crippen LogP contribution in [0.5, 0.6) is 0 Å². The predicted octanol–water partition coefficient (Wildman–Crippen LogP) is 3.33. The maximum Gasteiger partial charge on any atom is 0.0934 e. The van der Waals surface area contributed by atoms with Crippen LogP contribution in [-0.4, -0.2) is 17.0 Å². The Bertz CT molecular complexity index is 505. The molecule has 1 aromatic heterocycles. The molecular weight excluding hydrogens is 222 g/mol. The third kappa shape index (κ3) is 2.67. The van der Waals surface area contributed by atoms with E-state index in [9.17, 15) is 0 Å². The Labute approximate surface area is 109 Å². The summed E-state index contributed by atoms with van der Waals surface area (Å²) in [6, 6.07) is 6.58. The van der Waals surface area contributed by atoms with E-state index < -0.39 is 0 Å². The Morgan fingerprint density at radius 2 is 2.00 bits per heavy atom. The van der Waals surface area contributed by atoms with Gasteiger partial charge in [0.1, 0.15) is 0 Å². The first-order chi connectivity index (χ1) is 8.76. The van der Waals surface area contributed by atoms with Crippen LogP contribution in [0.3, 0.4) is 0 Å². The fourth-order valence-corrected chi connectivity index (χ4v) is 2.27. The van der Waals surface area contributed by atoms with Gasteiger partial charge in [0.05, 0.1) is 11.0 Å². The van der Waals surface area contributed by atoms with Crippen molar-refractivity contribution >= 4 is 11.0 Å². The summed E-state index contributed by atoms with van der Waals surface area (Å²) < 4.78 is 0. The predicted molar refractivity (Wildman–Crippen MR) is 75.4 cm³/mol. The zero-order valence-electron chi connectivity index (χ0n) is 11.4. The van der Waals surface area contributed by atoms with Gasteiger partial charge in [-0.05, 0) is 31.0 Å². The number of fused-ring (bicyclic) bond motifs is 1. The van der Waals surface area contributed by atoms with E-state index in [1.165, 1.54) is 12.0 Å². The minimum atomic E-state index is 0.348. The van der Waals surface area contributed by atoms with Crippen molar-refractivity contribution in [3.05, 3.63) is 36.2 Å². The number of nitrogens with zero attached hydrogens (tertiary/aromatic N) is 2. The Balaban J connectivity index is 2.38. The SMILES string of the molecule is CCC(C)CC(NC)c1cccc2nccnc12. The van der Waals surface area contributed by atoms with Gasteiger partial charge < -0.3 is 5.32 Å². The Morgan fingerprint density at radius 3 is 2.72 bits per heavy atom. The fourth-order valence-electron chi connectivity index (χ4n) is 2.27. The standard InChI is InChI=1S/C15H21N3/c1-4-11(2)10-14(16-3)12-6-5-7-13-15(12)18-9-8-17-13/h5-9,11,14,16H,4,10H2,1-3H3. The van der Waals surface area contributed by atoms with Gasteiger partial charge in [0.2, 0.25) is 0 Å². The van der Waals surface area contributed by atoms with Gasteiger partial charge in [-0.2, -0.15) is 0 Å². The molecule has 0 fully saturated rings. The Morgan fingerprint density at radius 1 is 1.22 bits per heavy atom. The van der Waals surface area contributed by atoms with Crippen molar-refractivity contribution in [2.75, 3.05) is 7.05 Å². The maximum absolute atomic E-state index is 4.48. The highest BCUT2D eigenvalue weighted by molar-refractivity contribution is 5.78. The summed E-state index contributed by atoms with van der Waals surface area (Å²) in [5.41, 5.74) is 3.24. The van der Waals surface area contributed by atoms with Crippen LogP contribution in [0, 0.1) is 5.92 Å². The summed E-state index contributed by atoms with van der Waals surface area (Å²) in [4.78, 5) is 8.85. The molecule has 96 valence electrons. The molecule has 0 amide bonds. The third-order valence-corrected chi connectivity index (χ3v) is 3.59. The number of hydrogen-bond donors (Lipinski definition) is 1. The number of rotatable bonds is 5. The lowest BCUT2D eigenvalue weighted by Crippen LogP contribution is -2.19. The van der Waals surface area contributed by atoms with Gasteiger partial charge in [-0.3, -0.25) is 9.97 Å². The molecule has 2 aromatic rings. The second-order valence-electron chi connectivity index (χ2n) is 4.86. The van der Waals surface area contributed by atoms with Gasteiger partial charge in [-0.1, -0.05) is 32.4 Å². The first-order valence-electron chi connectivity index (χ1n) is 6.63. The van der Waals surface area contributed by atoms with Crippen LogP contribution < -0.4 is 5.32 Å². The largest absolute Gasteiger partial charge is 0.313 e. The molecule has 2 unspecified atom stereocenters. The van der Waals surface area contributed by atoms with Crippen molar-refractivity contribution in [3.63, 3.8) is 0 Å². The molecule has 0 aliphatic rings. The smallest absolute Gasteiger partial charge is 0.0934 e. The molecule has 0 saturated carbocycles. The summed E-state index contributed by atoms with van der Waals surface area (Å²) in [6.45, 7) is 4.53. The first kappa shape index (κ1) is 13.0. The molecule has 0 aliphatic heterocycles. The monoisotopic (exact) mass is 243 g/mol. The lowest BCUT2D eigenvalue weighted by molar-refractivity contribution is 0.423. The second-order valence-corrected chi connectivity index (χ2v) is 4.86. The molecule has 3 nitrogen and oxygen atoms in total. The summed E-state index contributed by atoms with van der Waals surface area (Å²) in [7, 11) is 2.02. The molecule has 0 saturated heterocycles. The van der Waals surface area contributed by atoms with Crippen LogP contribution in [0.4, 0.5) is 0 Å². The molecular formula is C15H21N3. The van der Waals surface area contributed by atoms with Crippen molar-refractivity contribution < 1.29 is 0 Å². The molecule has 0 bridgehead atoms. The van der Waals surface area contributed by atoms with E-state index in [2.05, 4.69) is 41.3 Å². The van der Waals surface area contributed by atoms with Gasteiger partial charge in [-0.25, -0.2) is 0 Å². The number of benzene rings is 1. The highest BCUT2D eigenvalue weighted by Gasteiger charge is 2.15. The zero-order valence-corrected chi connectivity index (χ0v) is 11.4. The summed E-state index contributed by atoms with van der Waals surface area (Å²) in [5.74, 6) is 0.703. The molecule has 2 rings (SSSR count). The van der Waals surface area contributed by atoms with E-state index in [1.807, 2.05) is 13.1 Å². The van der Waals surface area contributed by atoms with Crippen LogP contribution in [0.2, 0.25) is 0 Å². The van der Waals surface area contributed by atoms with Crippen molar-refractivity contribution in [1.29, 1.82) is 0 Å². The molecule has 1 N–H and O–H groups in total. The minimum Gasteiger partial charge on any atom is -0.313 e. The molecule has 1 heterocycles. The van der Waals surface area contributed by atoms with Gasteiger partial charge in [0.25, 0.3) is 0 Å².